The molecule has 1 fully saturated rings. The third-order valence-electron chi connectivity index (χ3n) is 6.11. The minimum absolute atomic E-state index is 0.0566. The Labute approximate surface area is 204 Å². The minimum atomic E-state index is -4.70. The zero-order valence-electron chi connectivity index (χ0n) is 19.8. The number of carbonyl (C=O) groups is 1. The maximum absolute atomic E-state index is 13.7. The maximum atomic E-state index is 13.7. The fraction of sp³-hybridized carbons (Fsp3) is 0.500. The molecule has 1 saturated heterocycles. The van der Waals surface area contributed by atoms with Crippen LogP contribution in [0.4, 0.5) is 13.2 Å². The molecule has 36 heavy (non-hydrogen) atoms. The van der Waals surface area contributed by atoms with Crippen LogP contribution in [0.1, 0.15) is 49.7 Å². The van der Waals surface area contributed by atoms with Gasteiger partial charge in [0, 0.05) is 25.1 Å². The highest BCUT2D eigenvalue weighted by atomic mass is 19.4. The van der Waals surface area contributed by atoms with Crippen molar-refractivity contribution in [1.29, 1.82) is 0 Å². The van der Waals surface area contributed by atoms with Gasteiger partial charge in [0.05, 0.1) is 12.0 Å². The lowest BCUT2D eigenvalue weighted by atomic mass is 9.97. The van der Waals surface area contributed by atoms with Gasteiger partial charge in [-0.3, -0.25) is 9.69 Å². The fourth-order valence-electron chi connectivity index (χ4n) is 4.34. The summed E-state index contributed by atoms with van der Waals surface area (Å²) in [6.45, 7) is 4.93. The molecule has 1 unspecified atom stereocenters. The molecule has 194 valence electrons. The van der Waals surface area contributed by atoms with E-state index in [1.165, 1.54) is 0 Å². The second kappa shape index (κ2) is 10.4. The van der Waals surface area contributed by atoms with Gasteiger partial charge in [0.25, 0.3) is 5.89 Å². The number of benzene rings is 1. The van der Waals surface area contributed by atoms with Crippen LogP contribution in [-0.4, -0.2) is 56.0 Å². The number of nitrogens with zero attached hydrogens (tertiary/aromatic N) is 4. The zero-order chi connectivity index (χ0) is 26.0. The van der Waals surface area contributed by atoms with Gasteiger partial charge in [-0.15, -0.1) is 0 Å². The van der Waals surface area contributed by atoms with Crippen molar-refractivity contribution in [3.63, 3.8) is 0 Å². The Kier molecular flexibility index (Phi) is 7.46. The molecule has 2 N–H and O–H groups in total. The Morgan fingerprint density at radius 3 is 2.56 bits per heavy atom. The molecule has 2 aromatic heterocycles. The van der Waals surface area contributed by atoms with Crippen molar-refractivity contribution in [1.82, 2.24) is 20.2 Å². The molecule has 4 rings (SSSR count). The zero-order valence-corrected chi connectivity index (χ0v) is 19.8. The van der Waals surface area contributed by atoms with Crippen LogP contribution in [0.2, 0.25) is 0 Å². The van der Waals surface area contributed by atoms with Crippen molar-refractivity contribution in [3.05, 3.63) is 41.2 Å². The lowest BCUT2D eigenvalue weighted by molar-refractivity contribution is -0.144. The van der Waals surface area contributed by atoms with Gasteiger partial charge < -0.3 is 19.3 Å². The summed E-state index contributed by atoms with van der Waals surface area (Å²) in [5.74, 6) is -1.97. The van der Waals surface area contributed by atoms with E-state index in [4.69, 9.17) is 9.05 Å². The highest BCUT2D eigenvalue weighted by molar-refractivity contribution is 5.70. The van der Waals surface area contributed by atoms with E-state index in [2.05, 4.69) is 15.3 Å². The lowest BCUT2D eigenvalue weighted by Crippen LogP contribution is -2.40. The van der Waals surface area contributed by atoms with E-state index in [9.17, 15) is 28.2 Å². The van der Waals surface area contributed by atoms with E-state index in [-0.39, 0.29) is 23.9 Å². The number of aliphatic hydroxyl groups is 1. The first-order valence-corrected chi connectivity index (χ1v) is 11.7. The molecule has 1 aromatic carbocycles. The maximum Gasteiger partial charge on any atom is 0.422 e. The molecule has 3 heterocycles. The number of piperidine rings is 1. The number of aliphatic hydroxyl groups excluding tert-OH is 1. The van der Waals surface area contributed by atoms with E-state index in [0.717, 1.165) is 6.42 Å². The molecular weight excluding hydrogens is 481 g/mol. The molecule has 9 nitrogen and oxygen atoms in total. The van der Waals surface area contributed by atoms with Gasteiger partial charge in [-0.05, 0) is 30.9 Å². The molecule has 1 aliphatic heterocycles. The second-order valence-electron chi connectivity index (χ2n) is 9.42. The van der Waals surface area contributed by atoms with Crippen molar-refractivity contribution in [2.75, 3.05) is 19.6 Å². The van der Waals surface area contributed by atoms with Crippen LogP contribution in [0, 0.1) is 11.8 Å². The third-order valence-corrected chi connectivity index (χ3v) is 6.11. The normalized spacial score (nSPS) is 18.0. The number of carboxylic acids is 1. The first-order valence-electron chi connectivity index (χ1n) is 11.7. The lowest BCUT2D eigenvalue weighted by Gasteiger charge is -2.32. The summed E-state index contributed by atoms with van der Waals surface area (Å²) in [5, 5.41) is 27.2. The van der Waals surface area contributed by atoms with E-state index in [1.54, 1.807) is 38.1 Å². The number of aliphatic carboxylic acids is 1. The van der Waals surface area contributed by atoms with Crippen molar-refractivity contribution in [2.24, 2.45) is 11.8 Å². The van der Waals surface area contributed by atoms with Crippen molar-refractivity contribution >= 4 is 5.97 Å². The van der Waals surface area contributed by atoms with Gasteiger partial charge in [0.15, 0.2) is 5.69 Å². The van der Waals surface area contributed by atoms with Crippen LogP contribution >= 0.6 is 0 Å². The molecule has 0 bridgehead atoms. The van der Waals surface area contributed by atoms with E-state index < -0.39 is 41.3 Å². The molecular formula is C24H27F3N4O5. The number of halogens is 3. The quantitative estimate of drug-likeness (QED) is 0.454. The highest BCUT2D eigenvalue weighted by Crippen LogP contribution is 2.40. The second-order valence-corrected chi connectivity index (χ2v) is 9.42. The predicted octanol–water partition coefficient (Wildman–Crippen LogP) is 4.44. The smallest absolute Gasteiger partial charge is 0.422 e. The van der Waals surface area contributed by atoms with Gasteiger partial charge in [-0.25, -0.2) is 0 Å². The van der Waals surface area contributed by atoms with Crippen LogP contribution in [0.15, 0.2) is 33.3 Å². The fourth-order valence-corrected chi connectivity index (χ4v) is 4.34. The number of likely N-dealkylation sites (tertiary alicyclic amines) is 1. The van der Waals surface area contributed by atoms with Crippen LogP contribution in [0.5, 0.6) is 0 Å². The average Bonchev–Trinajstić information content (AvgIpc) is 3.46. The molecule has 2 atom stereocenters. The summed E-state index contributed by atoms with van der Waals surface area (Å²) < 4.78 is 51.2. The van der Waals surface area contributed by atoms with Crippen LogP contribution < -0.4 is 0 Å². The molecule has 1 aliphatic rings. The average molecular weight is 508 g/mol. The summed E-state index contributed by atoms with van der Waals surface area (Å²) >= 11 is 0. The largest absolute Gasteiger partial charge is 0.481 e. The number of β-amino-alcohol motifs (C(OH)–C–C–N with tert-alkyl or cyclic N) is 1. The molecule has 0 saturated carbocycles. The molecule has 0 aliphatic carbocycles. The Balaban J connectivity index is 1.49. The number of rotatable bonds is 8. The van der Waals surface area contributed by atoms with Gasteiger partial charge in [0.1, 0.15) is 11.3 Å². The highest BCUT2D eigenvalue weighted by Gasteiger charge is 2.42. The Morgan fingerprint density at radius 1 is 1.19 bits per heavy atom. The first-order chi connectivity index (χ1) is 17.0. The van der Waals surface area contributed by atoms with Crippen LogP contribution in [0.25, 0.3) is 23.0 Å². The molecule has 3 aromatic rings. The molecule has 12 heteroatoms. The summed E-state index contributed by atoms with van der Waals surface area (Å²) in [6.07, 6.45) is -4.10. The standard InChI is InChI=1S/C24H27F3N4O5/c1-13(2)10-18-19(24(25,26)27)20(29-35-18)22-28-21(30-36-22)15-7-5-14(6-8-15)17(32)12-31-9-3-4-16(11-31)23(33)34/h5-8,13,16-17,32H,3-4,9-12H2,1-2H3,(H,33,34)/t16-,17?/m0/s1. The van der Waals surface area contributed by atoms with Gasteiger partial charge in [-0.2, -0.15) is 18.2 Å². The monoisotopic (exact) mass is 508 g/mol. The van der Waals surface area contributed by atoms with E-state index in [0.29, 0.717) is 37.2 Å². The number of hydrogen-bond donors (Lipinski definition) is 2. The third kappa shape index (κ3) is 5.76. The van der Waals surface area contributed by atoms with Crippen molar-refractivity contribution in [3.8, 4) is 23.0 Å². The number of alkyl halides is 3. The summed E-state index contributed by atoms with van der Waals surface area (Å²) in [7, 11) is 0. The summed E-state index contributed by atoms with van der Waals surface area (Å²) in [4.78, 5) is 17.3. The summed E-state index contributed by atoms with van der Waals surface area (Å²) in [5.41, 5.74) is -0.490. The van der Waals surface area contributed by atoms with Gasteiger partial charge >= 0.3 is 12.1 Å². The Morgan fingerprint density at radius 2 is 1.92 bits per heavy atom. The molecule has 0 spiro atoms. The van der Waals surface area contributed by atoms with E-state index in [1.807, 2.05) is 4.90 Å². The molecule has 0 amide bonds. The SMILES string of the molecule is CC(C)Cc1onc(-c2nc(-c3ccc(C(O)CN4CCC[C@H](C(=O)O)C4)cc3)no2)c1C(F)(F)F. The van der Waals surface area contributed by atoms with Gasteiger partial charge in [-0.1, -0.05) is 48.4 Å². The van der Waals surface area contributed by atoms with Crippen LogP contribution in [0.3, 0.4) is 0 Å². The first kappa shape index (κ1) is 25.8. The van der Waals surface area contributed by atoms with Crippen LogP contribution in [-0.2, 0) is 17.4 Å². The minimum Gasteiger partial charge on any atom is -0.481 e. The van der Waals surface area contributed by atoms with Gasteiger partial charge in [0.2, 0.25) is 5.82 Å². The predicted molar refractivity (Wildman–Crippen MR) is 121 cm³/mol. The van der Waals surface area contributed by atoms with Crippen molar-refractivity contribution < 1.29 is 37.2 Å². The topological polar surface area (TPSA) is 126 Å². The Bertz CT molecular complexity index is 1190. The summed E-state index contributed by atoms with van der Waals surface area (Å²) in [6, 6.07) is 6.57. The van der Waals surface area contributed by atoms with Crippen molar-refractivity contribution in [2.45, 2.75) is 45.4 Å². The Hall–Kier alpha value is -3.25. The molecule has 0 radical (unpaired) electrons. The van der Waals surface area contributed by atoms with E-state index >= 15 is 0 Å². The number of hydrogen-bond acceptors (Lipinski definition) is 8. The number of carboxylic acid groups (broad SMARTS) is 1. The number of aromatic nitrogens is 3.